The summed E-state index contributed by atoms with van der Waals surface area (Å²) in [5.74, 6) is 3.86. The van der Waals surface area contributed by atoms with Crippen LogP contribution in [0.2, 0.25) is 0 Å². The molecular weight excluding hydrogens is 891 g/mol. The smallest absolute Gasteiger partial charge is 0.339 e. The Hall–Kier alpha value is -3.36. The molecule has 8 heteroatoms. The third-order valence-corrected chi connectivity index (χ3v) is 26.5. The Balaban J connectivity index is 0.972. The molecule has 17 rings (SSSR count). The van der Waals surface area contributed by atoms with Crippen LogP contribution in [0.25, 0.3) is 0 Å². The van der Waals surface area contributed by atoms with Crippen LogP contribution in [0.1, 0.15) is 189 Å². The van der Waals surface area contributed by atoms with Gasteiger partial charge in [0.1, 0.15) is 11.2 Å². The zero-order chi connectivity index (χ0) is 47.8. The molecule has 4 saturated heterocycles. The Morgan fingerprint density at radius 3 is 2.56 bits per heavy atom. The Labute approximate surface area is 428 Å². The van der Waals surface area contributed by atoms with E-state index < -0.39 is 16.4 Å². The number of hydrogen-bond acceptors (Lipinski definition) is 8. The van der Waals surface area contributed by atoms with Gasteiger partial charge in [0.15, 0.2) is 11.4 Å². The highest BCUT2D eigenvalue weighted by Gasteiger charge is 2.94. The average Bonchev–Trinajstić information content (AvgIpc) is 4.18. The quantitative estimate of drug-likeness (QED) is 0.222. The Morgan fingerprint density at radius 1 is 0.833 bits per heavy atom. The molecule has 0 amide bonds. The summed E-state index contributed by atoms with van der Waals surface area (Å²) in [6, 6.07) is 7.82. The first-order valence-corrected chi connectivity index (χ1v) is 30.6. The van der Waals surface area contributed by atoms with Crippen LogP contribution in [0.3, 0.4) is 0 Å². The molecule has 7 heterocycles. The molecule has 7 aliphatic heterocycles. The topological polar surface area (TPSA) is 105 Å². The van der Waals surface area contributed by atoms with Crippen molar-refractivity contribution in [2.75, 3.05) is 19.6 Å². The first-order valence-electron chi connectivity index (χ1n) is 30.6. The molecule has 0 unspecified atom stereocenters. The van der Waals surface area contributed by atoms with Crippen molar-refractivity contribution >= 4 is 11.9 Å². The number of esters is 2. The summed E-state index contributed by atoms with van der Waals surface area (Å²) < 4.78 is 15.0. The predicted molar refractivity (Wildman–Crippen MR) is 275 cm³/mol. The van der Waals surface area contributed by atoms with Gasteiger partial charge in [0.05, 0.1) is 11.0 Å². The Bertz CT molecular complexity index is 2740. The first-order chi connectivity index (χ1) is 35.2. The van der Waals surface area contributed by atoms with E-state index >= 15 is 9.59 Å². The monoisotopic (exact) mass is 972 g/mol. The lowest BCUT2D eigenvalue weighted by molar-refractivity contribution is -0.284. The van der Waals surface area contributed by atoms with E-state index in [0.717, 1.165) is 62.6 Å². The fourth-order valence-corrected chi connectivity index (χ4v) is 24.2. The number of aliphatic hydroxyl groups excluding tert-OH is 1. The zero-order valence-corrected chi connectivity index (χ0v) is 43.4. The molecule has 9 aliphatic carbocycles. The van der Waals surface area contributed by atoms with Crippen molar-refractivity contribution in [1.82, 2.24) is 9.80 Å². The fourth-order valence-electron chi connectivity index (χ4n) is 24.2. The van der Waals surface area contributed by atoms with Crippen LogP contribution in [0, 0.1) is 80.8 Å². The van der Waals surface area contributed by atoms with Gasteiger partial charge in [-0.1, -0.05) is 80.0 Å². The van der Waals surface area contributed by atoms with E-state index in [1.54, 1.807) is 22.4 Å². The van der Waals surface area contributed by atoms with Crippen LogP contribution < -0.4 is 5.73 Å². The van der Waals surface area contributed by atoms with Crippen LogP contribution >= 0.6 is 0 Å². The van der Waals surface area contributed by atoms with Gasteiger partial charge >= 0.3 is 11.9 Å². The maximum absolute atomic E-state index is 16.8. The highest BCUT2D eigenvalue weighted by Crippen LogP contribution is 2.89. The minimum Gasteiger partial charge on any atom is -0.508 e. The number of benzene rings is 1. The number of aliphatic hydroxyl groups is 1. The second-order valence-electron chi connectivity index (χ2n) is 28.4. The molecule has 382 valence electrons. The maximum atomic E-state index is 16.8. The summed E-state index contributed by atoms with van der Waals surface area (Å²) in [6.07, 6.45) is 32.8. The van der Waals surface area contributed by atoms with E-state index in [1.807, 2.05) is 0 Å². The van der Waals surface area contributed by atoms with Gasteiger partial charge in [-0.25, -0.2) is 4.79 Å². The number of carbonyl (C=O) groups excluding carboxylic acids is 2. The van der Waals surface area contributed by atoms with Gasteiger partial charge in [-0.05, 0) is 199 Å². The lowest BCUT2D eigenvalue weighted by Crippen LogP contribution is -2.78. The van der Waals surface area contributed by atoms with Crippen molar-refractivity contribution in [1.29, 1.82) is 0 Å². The summed E-state index contributed by atoms with van der Waals surface area (Å²) in [4.78, 5) is 38.4. The fraction of sp³-hybridized carbons (Fsp3) is 0.750. The molecule has 5 spiro atoms. The summed E-state index contributed by atoms with van der Waals surface area (Å²) in [5.41, 5.74) is 14.5. The lowest BCUT2D eigenvalue weighted by Gasteiger charge is -2.74. The summed E-state index contributed by atoms with van der Waals surface area (Å²) in [5, 5.41) is 14.2. The van der Waals surface area contributed by atoms with Gasteiger partial charge in [0.25, 0.3) is 0 Å². The average molecular weight is 972 g/mol. The predicted octanol–water partition coefficient (Wildman–Crippen LogP) is 12.1. The molecule has 9 fully saturated rings. The van der Waals surface area contributed by atoms with Crippen LogP contribution in [0.4, 0.5) is 0 Å². The molecule has 16 atom stereocenters. The summed E-state index contributed by atoms with van der Waals surface area (Å²) in [6.45, 7) is 5.52. The second kappa shape index (κ2) is 14.8. The van der Waals surface area contributed by atoms with Crippen LogP contribution in [0.5, 0.6) is 0 Å². The Morgan fingerprint density at radius 2 is 1.69 bits per heavy atom. The summed E-state index contributed by atoms with van der Waals surface area (Å²) in [7, 11) is 0. The van der Waals surface area contributed by atoms with Crippen LogP contribution in [-0.4, -0.2) is 64.6 Å². The first kappa shape index (κ1) is 43.8. The summed E-state index contributed by atoms with van der Waals surface area (Å²) >= 11 is 0. The maximum Gasteiger partial charge on any atom is 0.339 e. The molecule has 72 heavy (non-hydrogen) atoms. The molecule has 8 nitrogen and oxygen atoms in total. The van der Waals surface area contributed by atoms with Crippen molar-refractivity contribution < 1.29 is 24.2 Å². The van der Waals surface area contributed by atoms with E-state index in [9.17, 15) is 5.11 Å². The number of ether oxygens (including phenoxy) is 2. The van der Waals surface area contributed by atoms with Crippen molar-refractivity contribution in [3.63, 3.8) is 0 Å². The third kappa shape index (κ3) is 4.96. The molecule has 9 bridgehead atoms. The van der Waals surface area contributed by atoms with E-state index in [-0.39, 0.29) is 41.1 Å². The number of nitrogens with two attached hydrogens (primary N) is 1. The number of hydrogen-bond donors (Lipinski definition) is 2. The molecule has 16 aliphatic rings. The number of nitrogens with zero attached hydrogens (tertiary/aromatic N) is 2. The number of allylic oxidation sites excluding steroid dienone is 4. The SMILES string of the molecule is C[C@H]1CC2=C3[C@H]4C5=C6[C@@H]7C[C@@]41CCC7=C[C@@H](C1CCCCC1)C[C@H]1[C@]64C(=O)O/C(=C(/O)[C@@H]6CC[C@@H]7[C@@H]8C[C@@H](CN7[C@H]6[C@H]6CCC7(CCCC7)C6)[C@@H](CC2)N3C8)[C@@]4(CC5)[C@]12OC(=O)c1c(CCCN)cccc12. The van der Waals surface area contributed by atoms with Crippen molar-refractivity contribution in [2.45, 2.75) is 198 Å². The van der Waals surface area contributed by atoms with E-state index in [4.69, 9.17) is 15.2 Å². The van der Waals surface area contributed by atoms with Crippen LogP contribution in [0.15, 0.2) is 63.8 Å². The van der Waals surface area contributed by atoms with Crippen molar-refractivity contribution in [2.24, 2.45) is 86.6 Å². The normalized spacial score (nSPS) is 48.6. The van der Waals surface area contributed by atoms with Crippen molar-refractivity contribution in [3.8, 4) is 0 Å². The van der Waals surface area contributed by atoms with E-state index in [2.05, 4.69) is 41.0 Å². The van der Waals surface area contributed by atoms with Crippen molar-refractivity contribution in [3.05, 3.63) is 80.5 Å². The van der Waals surface area contributed by atoms with Gasteiger partial charge in [-0.2, -0.15) is 0 Å². The molecule has 0 radical (unpaired) electrons. The molecule has 3 N–H and O–H groups in total. The van der Waals surface area contributed by atoms with Gasteiger partial charge in [0, 0.05) is 66.1 Å². The largest absolute Gasteiger partial charge is 0.508 e. The molecule has 1 aromatic carbocycles. The second-order valence-corrected chi connectivity index (χ2v) is 28.4. The molecular formula is C64H81N3O5. The van der Waals surface area contributed by atoms with E-state index in [1.165, 1.54) is 121 Å². The Kier molecular flexibility index (Phi) is 8.99. The highest BCUT2D eigenvalue weighted by atomic mass is 16.6. The number of piperidine rings is 3. The van der Waals surface area contributed by atoms with Gasteiger partial charge < -0.3 is 25.2 Å². The number of rotatable bonds is 5. The van der Waals surface area contributed by atoms with Gasteiger partial charge in [-0.3, -0.25) is 9.69 Å². The molecule has 1 aromatic rings. The lowest BCUT2D eigenvalue weighted by atomic mass is 9.26. The number of fused-ring (bicyclic) bond motifs is 8. The minimum absolute atomic E-state index is 0.109. The van der Waals surface area contributed by atoms with Crippen LogP contribution in [-0.2, 0) is 26.3 Å². The number of aryl methyl sites for hydroxylation is 1. The molecule has 0 aromatic heterocycles. The third-order valence-electron chi connectivity index (χ3n) is 26.5. The van der Waals surface area contributed by atoms with Gasteiger partial charge in [0.2, 0.25) is 0 Å². The number of carbonyl (C=O) groups is 2. The van der Waals surface area contributed by atoms with E-state index in [0.29, 0.717) is 95.4 Å². The van der Waals surface area contributed by atoms with Gasteiger partial charge in [-0.15, -0.1) is 0 Å². The standard InChI is InChI=1S/C64H81N3O5/c1-35-27-39-14-16-48-42-29-43-34-67(48)55(39)53-44-20-25-62-57(56(68)45-15-17-49(43)66(33-42)54(45)40-18-23-60(31-40)21-5-6-22-60)71-59(70)63(62)50(64(62)47-13-7-11-37(12-8-26-65)51(47)58(69)72-64)30-41(36-9-3-2-4-10-36)28-38-19-24-61(35,53)32-46(38)52(44)63/h7,11,13,28,35-36,40-43,45-46,48-50,53-54,68H,2-6,8-10,12,14-27,29-34,65H2,1H3/b38-28?,57-56+/t35-,40-,41+,42-,43+,45+,46+,48+,49+,50-,53+,54-,61+,62+,63+,64+/m0/s1. The zero-order valence-electron chi connectivity index (χ0n) is 43.4. The highest BCUT2D eigenvalue weighted by molar-refractivity contribution is 6.00. The minimum atomic E-state index is -1.13. The molecule has 5 saturated carbocycles.